The number of methoxy groups -OCH3 is 1. The average molecular weight is 274 g/mol. The van der Waals surface area contributed by atoms with Crippen LogP contribution in [-0.2, 0) is 4.74 Å². The molecule has 0 amide bonds. The Morgan fingerprint density at radius 1 is 1.30 bits per heavy atom. The first kappa shape index (κ1) is 14.5. The van der Waals surface area contributed by atoms with Crippen LogP contribution in [0.5, 0.6) is 0 Å². The molecule has 0 saturated carbocycles. The third-order valence-electron chi connectivity index (χ3n) is 3.32. The second-order valence-electron chi connectivity index (χ2n) is 4.83. The summed E-state index contributed by atoms with van der Waals surface area (Å²) in [6.45, 7) is 5.61. The zero-order valence-electron chi connectivity index (χ0n) is 12.6. The van der Waals surface area contributed by atoms with Gasteiger partial charge in [-0.25, -0.2) is 4.98 Å². The Bertz CT molecular complexity index is 573. The highest BCUT2D eigenvalue weighted by molar-refractivity contribution is 5.90. The smallest absolute Gasteiger partial charge is 0.225 e. The summed E-state index contributed by atoms with van der Waals surface area (Å²) in [5, 5.41) is 4.24. The molecule has 1 aromatic heterocycles. The standard InChI is InChI=1S/C15H22N4O/c1-5-16-15-17-13-9-7-6-8-12(13)14(18-15)19(3)11(2)10-20-4/h6-9,11H,5,10H2,1-4H3,(H,16,17,18). The zero-order chi connectivity index (χ0) is 14.5. The maximum atomic E-state index is 5.24. The van der Waals surface area contributed by atoms with E-state index >= 15 is 0 Å². The van der Waals surface area contributed by atoms with Gasteiger partial charge in [-0.1, -0.05) is 12.1 Å². The number of hydrogen-bond acceptors (Lipinski definition) is 5. The van der Waals surface area contributed by atoms with Crippen molar-refractivity contribution in [2.24, 2.45) is 0 Å². The van der Waals surface area contributed by atoms with Crippen LogP contribution in [0.15, 0.2) is 24.3 Å². The molecule has 5 nitrogen and oxygen atoms in total. The molecular weight excluding hydrogens is 252 g/mol. The predicted octanol–water partition coefficient (Wildman–Crippen LogP) is 2.53. The predicted molar refractivity (Wildman–Crippen MR) is 83.4 cm³/mol. The van der Waals surface area contributed by atoms with Crippen LogP contribution in [0.1, 0.15) is 13.8 Å². The Kier molecular flexibility index (Phi) is 4.74. The highest BCUT2D eigenvalue weighted by Gasteiger charge is 2.15. The molecule has 5 heteroatoms. The van der Waals surface area contributed by atoms with Gasteiger partial charge in [0.1, 0.15) is 5.82 Å². The Labute approximate surface area is 120 Å². The second kappa shape index (κ2) is 6.52. The van der Waals surface area contributed by atoms with E-state index < -0.39 is 0 Å². The second-order valence-corrected chi connectivity index (χ2v) is 4.83. The van der Waals surface area contributed by atoms with Gasteiger partial charge >= 0.3 is 0 Å². The van der Waals surface area contributed by atoms with Gasteiger partial charge in [-0.15, -0.1) is 0 Å². The lowest BCUT2D eigenvalue weighted by Gasteiger charge is -2.26. The fraction of sp³-hybridized carbons (Fsp3) is 0.467. The van der Waals surface area contributed by atoms with Crippen LogP contribution < -0.4 is 10.2 Å². The number of nitrogens with zero attached hydrogens (tertiary/aromatic N) is 3. The Balaban J connectivity index is 2.48. The molecular formula is C15H22N4O. The fourth-order valence-electron chi connectivity index (χ4n) is 2.13. The van der Waals surface area contributed by atoms with Gasteiger partial charge < -0.3 is 15.0 Å². The molecule has 0 aliphatic rings. The summed E-state index contributed by atoms with van der Waals surface area (Å²) in [6.07, 6.45) is 0. The van der Waals surface area contributed by atoms with E-state index in [1.54, 1.807) is 7.11 Å². The quantitative estimate of drug-likeness (QED) is 0.877. The van der Waals surface area contributed by atoms with Crippen molar-refractivity contribution in [2.75, 3.05) is 37.5 Å². The number of benzene rings is 1. The highest BCUT2D eigenvalue weighted by atomic mass is 16.5. The molecule has 0 radical (unpaired) electrons. The first-order valence-electron chi connectivity index (χ1n) is 6.89. The average Bonchev–Trinajstić information content (AvgIpc) is 2.46. The number of para-hydroxylation sites is 1. The van der Waals surface area contributed by atoms with E-state index in [1.165, 1.54) is 0 Å². The van der Waals surface area contributed by atoms with E-state index in [9.17, 15) is 0 Å². The summed E-state index contributed by atoms with van der Waals surface area (Å²) in [4.78, 5) is 11.3. The molecule has 0 aliphatic carbocycles. The number of hydrogen-bond donors (Lipinski definition) is 1. The van der Waals surface area contributed by atoms with Crippen molar-refractivity contribution in [3.05, 3.63) is 24.3 Å². The van der Waals surface area contributed by atoms with Crippen molar-refractivity contribution in [3.8, 4) is 0 Å². The fourth-order valence-corrected chi connectivity index (χ4v) is 2.13. The molecule has 1 unspecified atom stereocenters. The van der Waals surface area contributed by atoms with Gasteiger partial charge in [0.25, 0.3) is 0 Å². The Morgan fingerprint density at radius 2 is 2.05 bits per heavy atom. The van der Waals surface area contributed by atoms with Crippen molar-refractivity contribution < 1.29 is 4.74 Å². The largest absolute Gasteiger partial charge is 0.383 e. The van der Waals surface area contributed by atoms with E-state index in [1.807, 2.05) is 32.2 Å². The van der Waals surface area contributed by atoms with E-state index in [4.69, 9.17) is 4.74 Å². The lowest BCUT2D eigenvalue weighted by molar-refractivity contribution is 0.183. The van der Waals surface area contributed by atoms with E-state index in [2.05, 4.69) is 33.2 Å². The zero-order valence-corrected chi connectivity index (χ0v) is 12.6. The summed E-state index contributed by atoms with van der Waals surface area (Å²) < 4.78 is 5.24. The molecule has 0 fully saturated rings. The molecule has 108 valence electrons. The van der Waals surface area contributed by atoms with Gasteiger partial charge in [0.2, 0.25) is 5.95 Å². The summed E-state index contributed by atoms with van der Waals surface area (Å²) in [6, 6.07) is 8.31. The van der Waals surface area contributed by atoms with Gasteiger partial charge in [0, 0.05) is 26.1 Å². The van der Waals surface area contributed by atoms with Gasteiger partial charge in [-0.2, -0.15) is 4.98 Å². The number of likely N-dealkylation sites (N-methyl/N-ethyl adjacent to an activating group) is 1. The molecule has 1 heterocycles. The van der Waals surface area contributed by atoms with Crippen LogP contribution in [0.4, 0.5) is 11.8 Å². The van der Waals surface area contributed by atoms with Gasteiger partial charge in [0.05, 0.1) is 18.2 Å². The molecule has 1 atom stereocenters. The minimum absolute atomic E-state index is 0.243. The first-order valence-corrected chi connectivity index (χ1v) is 6.89. The normalized spacial score (nSPS) is 12.4. The molecule has 0 bridgehead atoms. The van der Waals surface area contributed by atoms with Crippen LogP contribution in [-0.4, -0.2) is 43.3 Å². The summed E-state index contributed by atoms with van der Waals surface area (Å²) in [5.74, 6) is 1.59. The van der Waals surface area contributed by atoms with Crippen molar-refractivity contribution >= 4 is 22.7 Å². The van der Waals surface area contributed by atoms with Crippen LogP contribution in [0.25, 0.3) is 10.9 Å². The molecule has 1 aromatic carbocycles. The summed E-state index contributed by atoms with van der Waals surface area (Å²) >= 11 is 0. The summed E-state index contributed by atoms with van der Waals surface area (Å²) in [5.41, 5.74) is 0.949. The number of rotatable bonds is 6. The SMILES string of the molecule is CCNc1nc(N(C)C(C)COC)c2ccccc2n1. The van der Waals surface area contributed by atoms with E-state index in [-0.39, 0.29) is 6.04 Å². The Hall–Kier alpha value is -1.88. The number of fused-ring (bicyclic) bond motifs is 1. The number of ether oxygens (including phenoxy) is 1. The monoisotopic (exact) mass is 274 g/mol. The van der Waals surface area contributed by atoms with Crippen LogP contribution in [0, 0.1) is 0 Å². The third-order valence-corrected chi connectivity index (χ3v) is 3.32. The Morgan fingerprint density at radius 3 is 2.75 bits per heavy atom. The molecule has 0 spiro atoms. The number of anilines is 2. The lowest BCUT2D eigenvalue weighted by Crippen LogP contribution is -2.33. The van der Waals surface area contributed by atoms with E-state index in [0.29, 0.717) is 12.6 Å². The number of nitrogens with one attached hydrogen (secondary N) is 1. The van der Waals surface area contributed by atoms with Crippen LogP contribution in [0.3, 0.4) is 0 Å². The number of aromatic nitrogens is 2. The maximum absolute atomic E-state index is 5.24. The molecule has 1 N–H and O–H groups in total. The first-order chi connectivity index (χ1) is 9.67. The van der Waals surface area contributed by atoms with E-state index in [0.717, 1.165) is 23.3 Å². The highest BCUT2D eigenvalue weighted by Crippen LogP contribution is 2.25. The molecule has 2 rings (SSSR count). The van der Waals surface area contributed by atoms with Crippen molar-refractivity contribution in [1.29, 1.82) is 0 Å². The van der Waals surface area contributed by atoms with Crippen molar-refractivity contribution in [2.45, 2.75) is 19.9 Å². The minimum atomic E-state index is 0.243. The third kappa shape index (κ3) is 2.99. The maximum Gasteiger partial charge on any atom is 0.225 e. The minimum Gasteiger partial charge on any atom is -0.383 e. The topological polar surface area (TPSA) is 50.3 Å². The van der Waals surface area contributed by atoms with Crippen LogP contribution in [0.2, 0.25) is 0 Å². The molecule has 2 aromatic rings. The van der Waals surface area contributed by atoms with Crippen molar-refractivity contribution in [3.63, 3.8) is 0 Å². The van der Waals surface area contributed by atoms with Gasteiger partial charge in [0.15, 0.2) is 0 Å². The summed E-state index contributed by atoms with van der Waals surface area (Å²) in [7, 11) is 3.75. The van der Waals surface area contributed by atoms with Gasteiger partial charge in [-0.05, 0) is 26.0 Å². The molecule has 20 heavy (non-hydrogen) atoms. The van der Waals surface area contributed by atoms with Crippen LogP contribution >= 0.6 is 0 Å². The van der Waals surface area contributed by atoms with Crippen molar-refractivity contribution in [1.82, 2.24) is 9.97 Å². The molecule has 0 saturated heterocycles. The lowest BCUT2D eigenvalue weighted by atomic mass is 10.2. The molecule has 0 aliphatic heterocycles. The van der Waals surface area contributed by atoms with Gasteiger partial charge in [-0.3, -0.25) is 0 Å².